The molecule has 0 heterocycles. The van der Waals surface area contributed by atoms with Crippen LogP contribution < -0.4 is 9.46 Å². The van der Waals surface area contributed by atoms with Crippen molar-refractivity contribution >= 4 is 21.7 Å². The molecule has 0 aliphatic heterocycles. The van der Waals surface area contributed by atoms with Gasteiger partial charge in [-0.3, -0.25) is 4.72 Å². The van der Waals surface area contributed by atoms with Crippen molar-refractivity contribution in [2.75, 3.05) is 4.72 Å². The monoisotopic (exact) mass is 343 g/mol. The molecule has 0 fully saturated rings. The lowest BCUT2D eigenvalue weighted by Crippen LogP contribution is -2.14. The minimum atomic E-state index is -3.92. The SMILES string of the molecule is O=C(O)c1cc(NS(=O)(=O)c2ccccc2)ccc1OC(F)F. The van der Waals surface area contributed by atoms with Crippen molar-refractivity contribution in [1.29, 1.82) is 0 Å². The van der Waals surface area contributed by atoms with Crippen LogP contribution in [0.15, 0.2) is 53.4 Å². The summed E-state index contributed by atoms with van der Waals surface area (Å²) in [6, 6.07) is 10.4. The highest BCUT2D eigenvalue weighted by atomic mass is 32.2. The van der Waals surface area contributed by atoms with Crippen molar-refractivity contribution in [2.45, 2.75) is 11.5 Å². The van der Waals surface area contributed by atoms with Crippen molar-refractivity contribution in [2.24, 2.45) is 0 Å². The fourth-order valence-electron chi connectivity index (χ4n) is 1.77. The molecule has 2 aromatic carbocycles. The number of aromatic carboxylic acids is 1. The summed E-state index contributed by atoms with van der Waals surface area (Å²) < 4.78 is 55.0. The number of anilines is 1. The van der Waals surface area contributed by atoms with Gasteiger partial charge in [0.15, 0.2) is 0 Å². The summed E-state index contributed by atoms with van der Waals surface area (Å²) in [5, 5.41) is 9.02. The fraction of sp³-hybridized carbons (Fsp3) is 0.0714. The van der Waals surface area contributed by atoms with E-state index in [4.69, 9.17) is 5.11 Å². The first kappa shape index (κ1) is 16.7. The molecule has 2 N–H and O–H groups in total. The normalized spacial score (nSPS) is 11.3. The maximum atomic E-state index is 12.2. The standard InChI is InChI=1S/C14H11F2NO5S/c15-14(16)22-12-7-6-9(8-11(12)13(18)19)17-23(20,21)10-4-2-1-3-5-10/h1-8,14,17H,(H,18,19). The quantitative estimate of drug-likeness (QED) is 0.841. The average molecular weight is 343 g/mol. The molecule has 0 atom stereocenters. The number of benzene rings is 2. The van der Waals surface area contributed by atoms with Crippen LogP contribution in [0.25, 0.3) is 0 Å². The van der Waals surface area contributed by atoms with Crippen LogP contribution >= 0.6 is 0 Å². The average Bonchev–Trinajstić information content (AvgIpc) is 2.48. The zero-order chi connectivity index (χ0) is 17.0. The predicted octanol–water partition coefficient (Wildman–Crippen LogP) is 2.79. The van der Waals surface area contributed by atoms with Gasteiger partial charge in [0.05, 0.1) is 4.90 Å². The van der Waals surface area contributed by atoms with Crippen molar-refractivity contribution in [3.8, 4) is 5.75 Å². The summed E-state index contributed by atoms with van der Waals surface area (Å²) in [7, 11) is -3.92. The van der Waals surface area contributed by atoms with Gasteiger partial charge < -0.3 is 9.84 Å². The lowest BCUT2D eigenvalue weighted by Gasteiger charge is -2.12. The second-order valence-corrected chi connectivity index (χ2v) is 6.00. The lowest BCUT2D eigenvalue weighted by atomic mass is 10.2. The third kappa shape index (κ3) is 4.16. The summed E-state index contributed by atoms with van der Waals surface area (Å²) in [5.41, 5.74) is -0.675. The Balaban J connectivity index is 2.34. The van der Waals surface area contributed by atoms with Crippen molar-refractivity contribution in [1.82, 2.24) is 0 Å². The zero-order valence-electron chi connectivity index (χ0n) is 11.4. The van der Waals surface area contributed by atoms with Crippen molar-refractivity contribution < 1.29 is 31.8 Å². The Morgan fingerprint density at radius 1 is 1.13 bits per heavy atom. The number of carboxylic acid groups (broad SMARTS) is 1. The molecule has 2 rings (SSSR count). The van der Waals surface area contributed by atoms with Crippen LogP contribution in [0.1, 0.15) is 10.4 Å². The van der Waals surface area contributed by atoms with Gasteiger partial charge in [0, 0.05) is 5.69 Å². The van der Waals surface area contributed by atoms with Crippen LogP contribution in [-0.2, 0) is 10.0 Å². The Hall–Kier alpha value is -2.68. The Kier molecular flexibility index (Phi) is 4.80. The van der Waals surface area contributed by atoms with Gasteiger partial charge in [-0.15, -0.1) is 0 Å². The second kappa shape index (κ2) is 6.61. The second-order valence-electron chi connectivity index (χ2n) is 4.31. The van der Waals surface area contributed by atoms with E-state index in [0.29, 0.717) is 0 Å². The Morgan fingerprint density at radius 3 is 2.35 bits per heavy atom. The molecule has 0 bridgehead atoms. The van der Waals surface area contributed by atoms with Crippen LogP contribution in [0, 0.1) is 0 Å². The molecule has 0 spiro atoms. The molecule has 0 saturated carbocycles. The van der Waals surface area contributed by atoms with Gasteiger partial charge in [0.2, 0.25) is 0 Å². The Morgan fingerprint density at radius 2 is 1.78 bits per heavy atom. The molecule has 0 saturated heterocycles. The van der Waals surface area contributed by atoms with Gasteiger partial charge in [-0.2, -0.15) is 8.78 Å². The molecular weight excluding hydrogens is 332 g/mol. The Bertz CT molecular complexity index is 809. The van der Waals surface area contributed by atoms with E-state index in [1.165, 1.54) is 24.3 Å². The molecular formula is C14H11F2NO5S. The van der Waals surface area contributed by atoms with E-state index in [1.54, 1.807) is 6.07 Å². The number of hydrogen-bond acceptors (Lipinski definition) is 4. The van der Waals surface area contributed by atoms with E-state index in [9.17, 15) is 22.0 Å². The summed E-state index contributed by atoms with van der Waals surface area (Å²) in [6.45, 7) is -3.19. The van der Waals surface area contributed by atoms with E-state index in [1.807, 2.05) is 0 Å². The maximum absolute atomic E-state index is 12.2. The smallest absolute Gasteiger partial charge is 0.387 e. The van der Waals surface area contributed by atoms with Crippen LogP contribution in [-0.4, -0.2) is 26.1 Å². The van der Waals surface area contributed by atoms with Gasteiger partial charge in [0.1, 0.15) is 11.3 Å². The van der Waals surface area contributed by atoms with Crippen LogP contribution in [0.4, 0.5) is 14.5 Å². The number of alkyl halides is 2. The molecule has 9 heteroatoms. The van der Waals surface area contributed by atoms with E-state index in [2.05, 4.69) is 9.46 Å². The molecule has 0 radical (unpaired) electrons. The number of sulfonamides is 1. The molecule has 122 valence electrons. The van der Waals surface area contributed by atoms with Crippen molar-refractivity contribution in [3.05, 3.63) is 54.1 Å². The van der Waals surface area contributed by atoms with E-state index >= 15 is 0 Å². The largest absolute Gasteiger partial charge is 0.478 e. The number of ether oxygens (including phenoxy) is 1. The molecule has 0 aliphatic carbocycles. The highest BCUT2D eigenvalue weighted by Gasteiger charge is 2.19. The first-order valence-electron chi connectivity index (χ1n) is 6.19. The molecule has 0 amide bonds. The van der Waals surface area contributed by atoms with Crippen molar-refractivity contribution in [3.63, 3.8) is 0 Å². The van der Waals surface area contributed by atoms with E-state index in [-0.39, 0.29) is 10.6 Å². The zero-order valence-corrected chi connectivity index (χ0v) is 12.3. The maximum Gasteiger partial charge on any atom is 0.387 e. The minimum Gasteiger partial charge on any atom is -0.478 e. The third-order valence-electron chi connectivity index (χ3n) is 2.73. The van der Waals surface area contributed by atoms with Gasteiger partial charge in [-0.1, -0.05) is 18.2 Å². The molecule has 6 nitrogen and oxygen atoms in total. The van der Waals surface area contributed by atoms with Gasteiger partial charge in [0.25, 0.3) is 10.0 Å². The van der Waals surface area contributed by atoms with Gasteiger partial charge in [-0.25, -0.2) is 13.2 Å². The van der Waals surface area contributed by atoms with E-state index < -0.39 is 33.9 Å². The summed E-state index contributed by atoms with van der Waals surface area (Å²) >= 11 is 0. The number of carboxylic acids is 1. The number of halogens is 2. The molecule has 23 heavy (non-hydrogen) atoms. The predicted molar refractivity (Wildman–Crippen MR) is 77.3 cm³/mol. The number of carbonyl (C=O) groups is 1. The number of hydrogen-bond donors (Lipinski definition) is 2. The molecule has 0 aromatic heterocycles. The molecule has 0 aliphatic rings. The first-order valence-corrected chi connectivity index (χ1v) is 7.68. The van der Waals surface area contributed by atoms with Gasteiger partial charge >= 0.3 is 12.6 Å². The topological polar surface area (TPSA) is 92.7 Å². The Labute approximate surface area is 130 Å². The summed E-state index contributed by atoms with van der Waals surface area (Å²) in [6.07, 6.45) is 0. The summed E-state index contributed by atoms with van der Waals surface area (Å²) in [5.74, 6) is -2.09. The lowest BCUT2D eigenvalue weighted by molar-refractivity contribution is -0.0503. The summed E-state index contributed by atoms with van der Waals surface area (Å²) in [4.78, 5) is 11.1. The molecule has 2 aromatic rings. The first-order chi connectivity index (χ1) is 10.8. The fourth-order valence-corrected chi connectivity index (χ4v) is 2.84. The highest BCUT2D eigenvalue weighted by Crippen LogP contribution is 2.26. The highest BCUT2D eigenvalue weighted by molar-refractivity contribution is 7.92. The third-order valence-corrected chi connectivity index (χ3v) is 4.13. The number of nitrogens with one attached hydrogen (secondary N) is 1. The van der Waals surface area contributed by atoms with Crippen LogP contribution in [0.5, 0.6) is 5.75 Å². The van der Waals surface area contributed by atoms with Crippen LogP contribution in [0.2, 0.25) is 0 Å². The molecule has 0 unspecified atom stereocenters. The van der Waals surface area contributed by atoms with Gasteiger partial charge in [-0.05, 0) is 30.3 Å². The van der Waals surface area contributed by atoms with Crippen LogP contribution in [0.3, 0.4) is 0 Å². The minimum absolute atomic E-state index is 0.0234. The number of rotatable bonds is 6. The van der Waals surface area contributed by atoms with E-state index in [0.717, 1.165) is 18.2 Å².